The molecule has 0 spiro atoms. The van der Waals surface area contributed by atoms with Crippen LogP contribution in [0.3, 0.4) is 0 Å². The Kier molecular flexibility index (Phi) is 5.23. The third-order valence-corrected chi connectivity index (χ3v) is 4.99. The number of hydrogen-bond donors (Lipinski definition) is 2. The van der Waals surface area contributed by atoms with Crippen LogP contribution in [0.25, 0.3) is 0 Å². The summed E-state index contributed by atoms with van der Waals surface area (Å²) in [5.74, 6) is -0.370. The average Bonchev–Trinajstić information content (AvgIpc) is 3.01. The van der Waals surface area contributed by atoms with Gasteiger partial charge in [-0.2, -0.15) is 0 Å². The van der Waals surface area contributed by atoms with E-state index in [1.807, 2.05) is 19.9 Å². The fourth-order valence-corrected chi connectivity index (χ4v) is 3.34. The molecule has 3 N–H and O–H groups in total. The van der Waals surface area contributed by atoms with Gasteiger partial charge in [0.25, 0.3) is 5.91 Å². The van der Waals surface area contributed by atoms with Crippen LogP contribution in [0.15, 0.2) is 39.6 Å². The smallest absolute Gasteiger partial charge is 0.284 e. The van der Waals surface area contributed by atoms with E-state index in [9.17, 15) is 13.2 Å². The van der Waals surface area contributed by atoms with Crippen molar-refractivity contribution < 1.29 is 17.6 Å². The van der Waals surface area contributed by atoms with E-state index in [0.29, 0.717) is 5.76 Å². The Balaban J connectivity index is 2.16. The maximum atomic E-state index is 12.4. The molecule has 6 nitrogen and oxygen atoms in total. The minimum atomic E-state index is -3.65. The van der Waals surface area contributed by atoms with Gasteiger partial charge in [0.1, 0.15) is 5.76 Å². The molecule has 0 unspecified atom stereocenters. The summed E-state index contributed by atoms with van der Waals surface area (Å²) in [7, 11) is -3.65. The van der Waals surface area contributed by atoms with Crippen LogP contribution < -0.4 is 10.5 Å². The maximum absolute atomic E-state index is 12.4. The second-order valence-corrected chi connectivity index (χ2v) is 6.86. The quantitative estimate of drug-likeness (QED) is 0.807. The van der Waals surface area contributed by atoms with Crippen LogP contribution in [-0.2, 0) is 29.4 Å². The van der Waals surface area contributed by atoms with Crippen LogP contribution in [0.4, 0.5) is 0 Å². The SMILES string of the molecule is CCc1ccc(S(=O)(=O)NCc2ccc(C(N)=O)o2)cc1CC. The van der Waals surface area contributed by atoms with Crippen molar-refractivity contribution in [2.24, 2.45) is 5.73 Å². The number of nitrogens with one attached hydrogen (secondary N) is 1. The molecule has 0 bridgehead atoms. The third-order valence-electron chi connectivity index (χ3n) is 3.59. The zero-order valence-corrected chi connectivity index (χ0v) is 13.9. The minimum absolute atomic E-state index is 0.000217. The molecule has 0 saturated heterocycles. The Hall–Kier alpha value is -2.12. The van der Waals surface area contributed by atoms with Crippen molar-refractivity contribution in [2.75, 3.05) is 0 Å². The molecule has 0 fully saturated rings. The van der Waals surface area contributed by atoms with Crippen molar-refractivity contribution in [3.63, 3.8) is 0 Å². The summed E-state index contributed by atoms with van der Waals surface area (Å²) in [5.41, 5.74) is 7.25. The van der Waals surface area contributed by atoms with Crippen molar-refractivity contribution in [1.29, 1.82) is 0 Å². The molecule has 0 saturated carbocycles. The van der Waals surface area contributed by atoms with E-state index < -0.39 is 15.9 Å². The van der Waals surface area contributed by atoms with Gasteiger partial charge < -0.3 is 10.2 Å². The van der Waals surface area contributed by atoms with Crippen molar-refractivity contribution in [3.05, 3.63) is 53.0 Å². The van der Waals surface area contributed by atoms with E-state index in [0.717, 1.165) is 24.0 Å². The first-order valence-corrected chi connectivity index (χ1v) is 8.85. The summed E-state index contributed by atoms with van der Waals surface area (Å²) in [6.07, 6.45) is 1.63. The molecule has 0 aliphatic rings. The molecular weight excluding hydrogens is 316 g/mol. The molecule has 2 aromatic rings. The molecular formula is C16H20N2O4S. The molecule has 0 atom stereocenters. The highest BCUT2D eigenvalue weighted by atomic mass is 32.2. The lowest BCUT2D eigenvalue weighted by Crippen LogP contribution is -2.23. The lowest BCUT2D eigenvalue weighted by atomic mass is 10.0. The summed E-state index contributed by atoms with van der Waals surface area (Å²) in [4.78, 5) is 11.2. The van der Waals surface area contributed by atoms with Gasteiger partial charge in [-0.3, -0.25) is 4.79 Å². The predicted molar refractivity (Wildman–Crippen MR) is 86.4 cm³/mol. The number of sulfonamides is 1. The predicted octanol–water partition coefficient (Wildman–Crippen LogP) is 1.98. The number of benzene rings is 1. The van der Waals surface area contributed by atoms with Gasteiger partial charge in [-0.1, -0.05) is 19.9 Å². The van der Waals surface area contributed by atoms with Gasteiger partial charge in [0.15, 0.2) is 5.76 Å². The summed E-state index contributed by atoms with van der Waals surface area (Å²) in [5, 5.41) is 0. The largest absolute Gasteiger partial charge is 0.455 e. The first-order valence-electron chi connectivity index (χ1n) is 7.37. The van der Waals surface area contributed by atoms with Crippen LogP contribution >= 0.6 is 0 Å². The number of hydrogen-bond acceptors (Lipinski definition) is 4. The summed E-state index contributed by atoms with van der Waals surface area (Å²) in [6, 6.07) is 8.05. The Morgan fingerprint density at radius 2 is 1.83 bits per heavy atom. The molecule has 1 aromatic heterocycles. The number of rotatable bonds is 7. The van der Waals surface area contributed by atoms with E-state index in [1.54, 1.807) is 12.1 Å². The minimum Gasteiger partial charge on any atom is -0.455 e. The van der Waals surface area contributed by atoms with E-state index in [4.69, 9.17) is 10.2 Å². The van der Waals surface area contributed by atoms with Gasteiger partial charge in [0.2, 0.25) is 10.0 Å². The van der Waals surface area contributed by atoms with Gasteiger partial charge in [-0.05, 0) is 48.2 Å². The van der Waals surface area contributed by atoms with Crippen molar-refractivity contribution >= 4 is 15.9 Å². The molecule has 23 heavy (non-hydrogen) atoms. The molecule has 0 aliphatic carbocycles. The normalized spacial score (nSPS) is 11.6. The van der Waals surface area contributed by atoms with Crippen LogP contribution in [0.5, 0.6) is 0 Å². The van der Waals surface area contributed by atoms with Crippen LogP contribution in [0, 0.1) is 0 Å². The second kappa shape index (κ2) is 6.97. The Morgan fingerprint density at radius 3 is 2.39 bits per heavy atom. The Labute approximate surface area is 135 Å². The summed E-state index contributed by atoms with van der Waals surface area (Å²) >= 11 is 0. The molecule has 1 heterocycles. The van der Waals surface area contributed by atoms with Crippen molar-refractivity contribution in [3.8, 4) is 0 Å². The zero-order chi connectivity index (χ0) is 17.0. The van der Waals surface area contributed by atoms with E-state index >= 15 is 0 Å². The van der Waals surface area contributed by atoms with E-state index in [1.165, 1.54) is 12.1 Å². The van der Waals surface area contributed by atoms with Gasteiger partial charge in [0, 0.05) is 0 Å². The van der Waals surface area contributed by atoms with E-state index in [2.05, 4.69) is 4.72 Å². The second-order valence-electron chi connectivity index (χ2n) is 5.09. The highest BCUT2D eigenvalue weighted by Crippen LogP contribution is 2.18. The fourth-order valence-electron chi connectivity index (χ4n) is 2.30. The Morgan fingerprint density at radius 1 is 1.13 bits per heavy atom. The topological polar surface area (TPSA) is 102 Å². The van der Waals surface area contributed by atoms with Crippen LogP contribution in [0.1, 0.15) is 41.3 Å². The highest BCUT2D eigenvalue weighted by molar-refractivity contribution is 7.89. The van der Waals surface area contributed by atoms with Crippen molar-refractivity contribution in [2.45, 2.75) is 38.1 Å². The zero-order valence-electron chi connectivity index (χ0n) is 13.1. The monoisotopic (exact) mass is 336 g/mol. The maximum Gasteiger partial charge on any atom is 0.284 e. The first kappa shape index (κ1) is 17.2. The number of carbonyl (C=O) groups excluding carboxylic acids is 1. The van der Waals surface area contributed by atoms with Crippen molar-refractivity contribution in [1.82, 2.24) is 4.72 Å². The lowest BCUT2D eigenvalue weighted by Gasteiger charge is -2.10. The number of carbonyl (C=O) groups is 1. The highest BCUT2D eigenvalue weighted by Gasteiger charge is 2.16. The number of amides is 1. The van der Waals surface area contributed by atoms with Gasteiger partial charge in [0.05, 0.1) is 11.4 Å². The number of nitrogens with two attached hydrogens (primary N) is 1. The first-order chi connectivity index (χ1) is 10.9. The van der Waals surface area contributed by atoms with Gasteiger partial charge in [-0.15, -0.1) is 0 Å². The Bertz CT molecular complexity index is 809. The standard InChI is InChI=1S/C16H20N2O4S/c1-3-11-5-7-14(9-12(11)4-2)23(20,21)18-10-13-6-8-15(22-13)16(17)19/h5-9,18H,3-4,10H2,1-2H3,(H2,17,19). The number of primary amides is 1. The molecule has 1 aromatic carbocycles. The van der Waals surface area contributed by atoms with Gasteiger partial charge in [-0.25, -0.2) is 13.1 Å². The molecule has 7 heteroatoms. The average molecular weight is 336 g/mol. The molecule has 1 amide bonds. The van der Waals surface area contributed by atoms with E-state index in [-0.39, 0.29) is 17.2 Å². The lowest BCUT2D eigenvalue weighted by molar-refractivity contribution is 0.0972. The fraction of sp³-hybridized carbons (Fsp3) is 0.312. The van der Waals surface area contributed by atoms with Crippen LogP contribution in [0.2, 0.25) is 0 Å². The third kappa shape index (κ3) is 4.00. The number of furan rings is 1. The molecule has 0 radical (unpaired) electrons. The molecule has 2 rings (SSSR count). The summed E-state index contributed by atoms with van der Waals surface area (Å²) in [6.45, 7) is 3.98. The summed E-state index contributed by atoms with van der Waals surface area (Å²) < 4.78 is 32.4. The van der Waals surface area contributed by atoms with Crippen LogP contribution in [-0.4, -0.2) is 14.3 Å². The number of aryl methyl sites for hydroxylation is 2. The molecule has 124 valence electrons. The molecule has 0 aliphatic heterocycles. The van der Waals surface area contributed by atoms with Gasteiger partial charge >= 0.3 is 0 Å².